The molecule has 5 fully saturated rings. The summed E-state index contributed by atoms with van der Waals surface area (Å²) in [4.78, 5) is 37.9. The number of likely N-dealkylation sites (tertiary alicyclic amines) is 1. The standard InChI is InChI=1S/C50H60N8O7S2/c1-66(2,62)54-36-13-9-33(10-14-36)31-52-44-18-16-40(28-46(44)58(60)61)67(63,64)55-49(59)43-17-15-37(27-47(43)65-39-26-35-19-22-51-48(35)53-32-39)56-24-20-50(21-25-56)29-38(30-50)57-23-5-8-45(57)42-7-4-3-6-41(42)34-11-12-34/h3-4,6-7,15-19,22,26-28,32-34,36,38,45,52H,5,8-14,20-21,23-25,29-31H2,1-2H3,(H,51,53)(H,55,59)/t33?,36?,45-/m0/s1. The van der Waals surface area contributed by atoms with Crippen LogP contribution in [-0.2, 0) is 19.8 Å². The first kappa shape index (κ1) is 45.3. The molecule has 0 radical (unpaired) electrons. The number of nitrogens with zero attached hydrogens (tertiary/aromatic N) is 5. The minimum atomic E-state index is -4.57. The Hall–Kier alpha value is -5.52. The van der Waals surface area contributed by atoms with Gasteiger partial charge in [-0.25, -0.2) is 22.5 Å². The first-order chi connectivity index (χ1) is 32.2. The molecule has 2 saturated heterocycles. The van der Waals surface area contributed by atoms with Crippen LogP contribution in [0.2, 0.25) is 0 Å². The van der Waals surface area contributed by atoms with E-state index >= 15 is 0 Å². The monoisotopic (exact) mass is 948 g/mol. The summed E-state index contributed by atoms with van der Waals surface area (Å²) in [6.07, 6.45) is 19.5. The minimum Gasteiger partial charge on any atom is -0.455 e. The molecule has 0 unspecified atom stereocenters. The normalized spacial score (nSPS) is 22.4. The molecule has 10 rings (SSSR count). The molecule has 5 aromatic rings. The van der Waals surface area contributed by atoms with Crippen LogP contribution in [0.1, 0.15) is 110 Å². The number of nitro groups is 1. The molecule has 3 aromatic carbocycles. The first-order valence-electron chi connectivity index (χ1n) is 23.8. The number of hydrogen-bond donors (Lipinski definition) is 3. The predicted octanol–water partition coefficient (Wildman–Crippen LogP) is 9.54. The highest BCUT2D eigenvalue weighted by molar-refractivity contribution is 7.92. The number of anilines is 2. The zero-order valence-electron chi connectivity index (χ0n) is 38.2. The van der Waals surface area contributed by atoms with Gasteiger partial charge in [0.25, 0.3) is 21.6 Å². The summed E-state index contributed by atoms with van der Waals surface area (Å²) in [7, 11) is -6.77. The van der Waals surface area contributed by atoms with Crippen molar-refractivity contribution in [2.45, 2.75) is 106 Å². The van der Waals surface area contributed by atoms with Crippen molar-refractivity contribution in [1.29, 1.82) is 0 Å². The highest BCUT2D eigenvalue weighted by Crippen LogP contribution is 2.55. The number of aromatic nitrogens is 2. The van der Waals surface area contributed by atoms with Crippen LogP contribution < -0.4 is 19.7 Å². The van der Waals surface area contributed by atoms with Crippen molar-refractivity contribution >= 4 is 53.8 Å². The smallest absolute Gasteiger partial charge is 0.293 e. The van der Waals surface area contributed by atoms with Crippen molar-refractivity contribution in [2.24, 2.45) is 15.7 Å². The predicted molar refractivity (Wildman–Crippen MR) is 261 cm³/mol. The Morgan fingerprint density at radius 2 is 1.69 bits per heavy atom. The number of nitro benzene ring substituents is 1. The van der Waals surface area contributed by atoms with E-state index in [0.29, 0.717) is 35.4 Å². The van der Waals surface area contributed by atoms with Crippen molar-refractivity contribution in [3.63, 3.8) is 0 Å². The number of rotatable bonds is 14. The van der Waals surface area contributed by atoms with E-state index in [0.717, 1.165) is 74.7 Å². The van der Waals surface area contributed by atoms with Gasteiger partial charge in [-0.3, -0.25) is 24.0 Å². The van der Waals surface area contributed by atoms with Crippen LogP contribution in [0.25, 0.3) is 11.0 Å². The van der Waals surface area contributed by atoms with Crippen molar-refractivity contribution in [3.8, 4) is 11.5 Å². The third kappa shape index (κ3) is 9.91. The van der Waals surface area contributed by atoms with Crippen LogP contribution in [0, 0.1) is 21.4 Å². The van der Waals surface area contributed by atoms with Gasteiger partial charge in [0.1, 0.15) is 22.8 Å². The van der Waals surface area contributed by atoms with E-state index in [1.807, 2.05) is 12.1 Å². The van der Waals surface area contributed by atoms with Gasteiger partial charge in [0.05, 0.1) is 27.6 Å². The Bertz CT molecular complexity index is 2910. The summed E-state index contributed by atoms with van der Waals surface area (Å²) in [5, 5.41) is 16.2. The third-order valence-electron chi connectivity index (χ3n) is 15.0. The van der Waals surface area contributed by atoms with Gasteiger partial charge in [0.2, 0.25) is 0 Å². The summed E-state index contributed by atoms with van der Waals surface area (Å²) in [5.41, 5.74) is 4.71. The lowest BCUT2D eigenvalue weighted by atomic mass is 9.59. The van der Waals surface area contributed by atoms with Crippen LogP contribution in [0.5, 0.6) is 11.5 Å². The molecule has 4 heterocycles. The molecule has 15 nitrogen and oxygen atoms in total. The van der Waals surface area contributed by atoms with E-state index in [-0.39, 0.29) is 29.0 Å². The number of piperidine rings is 1. The first-order valence-corrected chi connectivity index (χ1v) is 27.6. The number of aromatic amines is 1. The number of H-pyrrole nitrogens is 1. The second-order valence-electron chi connectivity index (χ2n) is 19.9. The quantitative estimate of drug-likeness (QED) is 0.0709. The number of sulfonamides is 1. The molecule has 3 saturated carbocycles. The largest absolute Gasteiger partial charge is 0.455 e. The molecule has 3 N–H and O–H groups in total. The van der Waals surface area contributed by atoms with E-state index in [4.69, 9.17) is 4.74 Å². The summed E-state index contributed by atoms with van der Waals surface area (Å²) < 4.78 is 52.7. The molecule has 1 atom stereocenters. The summed E-state index contributed by atoms with van der Waals surface area (Å²) in [6, 6.07) is 22.7. The second-order valence-corrected chi connectivity index (χ2v) is 24.2. The Kier molecular flexibility index (Phi) is 12.3. The van der Waals surface area contributed by atoms with E-state index in [1.54, 1.807) is 54.2 Å². The van der Waals surface area contributed by atoms with Crippen molar-refractivity contribution in [1.82, 2.24) is 19.6 Å². The molecular formula is C50H60N8O7S2. The molecule has 67 heavy (non-hydrogen) atoms. The van der Waals surface area contributed by atoms with Crippen molar-refractivity contribution in [2.75, 3.05) is 48.9 Å². The average molecular weight is 949 g/mol. The molecule has 3 aliphatic carbocycles. The van der Waals surface area contributed by atoms with Gasteiger partial charge in [0, 0.05) is 83.4 Å². The molecule has 1 spiro atoms. The van der Waals surface area contributed by atoms with Crippen LogP contribution in [0.4, 0.5) is 17.1 Å². The lowest BCUT2D eigenvalue weighted by Crippen LogP contribution is -2.54. The topological polar surface area (TPSA) is 192 Å². The van der Waals surface area contributed by atoms with Crippen LogP contribution in [0.15, 0.2) is 94.4 Å². The molecule has 0 bridgehead atoms. The summed E-state index contributed by atoms with van der Waals surface area (Å²) >= 11 is 0. The zero-order chi connectivity index (χ0) is 46.5. The second kappa shape index (κ2) is 18.2. The minimum absolute atomic E-state index is 0.0178. The molecular weight excluding hydrogens is 889 g/mol. The van der Waals surface area contributed by atoms with Crippen LogP contribution in [0.3, 0.4) is 0 Å². The van der Waals surface area contributed by atoms with Gasteiger partial charge >= 0.3 is 0 Å². The summed E-state index contributed by atoms with van der Waals surface area (Å²) in [5.74, 6) is 0.546. The number of benzene rings is 3. The molecule has 354 valence electrons. The van der Waals surface area contributed by atoms with Gasteiger partial charge in [0.15, 0.2) is 0 Å². The van der Waals surface area contributed by atoms with E-state index in [9.17, 15) is 27.5 Å². The Labute approximate surface area is 392 Å². The van der Waals surface area contributed by atoms with Gasteiger partial charge in [-0.05, 0) is 148 Å². The maximum atomic E-state index is 14.0. The van der Waals surface area contributed by atoms with Crippen LogP contribution in [-0.4, -0.2) is 89.1 Å². The van der Waals surface area contributed by atoms with Gasteiger partial charge < -0.3 is 19.9 Å². The van der Waals surface area contributed by atoms with Gasteiger partial charge in [-0.1, -0.05) is 24.3 Å². The molecule has 17 heteroatoms. The number of carbonyl (C=O) groups is 1. The number of nitrogens with one attached hydrogen (secondary N) is 3. The molecule has 1 amide bonds. The number of amides is 1. The van der Waals surface area contributed by atoms with Crippen molar-refractivity contribution < 1.29 is 27.1 Å². The highest BCUT2D eigenvalue weighted by atomic mass is 32.2. The van der Waals surface area contributed by atoms with Gasteiger partial charge in [-0.15, -0.1) is 0 Å². The molecule has 2 aliphatic heterocycles. The number of ether oxygens (including phenoxy) is 1. The fraction of sp³-hybridized carbons (Fsp3) is 0.480. The lowest BCUT2D eigenvalue weighted by molar-refractivity contribution is -0.384. The van der Waals surface area contributed by atoms with Crippen molar-refractivity contribution in [3.05, 3.63) is 112 Å². The maximum Gasteiger partial charge on any atom is 0.293 e. The van der Waals surface area contributed by atoms with Gasteiger partial charge in [-0.2, -0.15) is 0 Å². The number of pyridine rings is 1. The number of fused-ring (bicyclic) bond motifs is 1. The third-order valence-corrected chi connectivity index (χ3v) is 17.1. The molecule has 2 aromatic heterocycles. The Morgan fingerprint density at radius 3 is 2.42 bits per heavy atom. The highest BCUT2D eigenvalue weighted by Gasteiger charge is 2.50. The van der Waals surface area contributed by atoms with E-state index in [1.165, 1.54) is 57.2 Å². The number of carbonyl (C=O) groups excluding carboxylic acids is 1. The van der Waals surface area contributed by atoms with Crippen LogP contribution >= 0.6 is 0 Å². The Morgan fingerprint density at radius 1 is 0.925 bits per heavy atom. The maximum absolute atomic E-state index is 14.0. The number of hydrogen-bond acceptors (Lipinski definition) is 12. The average Bonchev–Trinajstić information content (AvgIpc) is 3.84. The van der Waals surface area contributed by atoms with E-state index in [2.05, 4.69) is 58.4 Å². The fourth-order valence-electron chi connectivity index (χ4n) is 11.3. The lowest BCUT2D eigenvalue weighted by Gasteiger charge is -2.56. The van der Waals surface area contributed by atoms with E-state index < -0.39 is 41.2 Å². The fourth-order valence-corrected chi connectivity index (χ4v) is 13.2. The molecule has 5 aliphatic rings. The summed E-state index contributed by atoms with van der Waals surface area (Å²) in [6.45, 7) is 3.31. The Balaban J connectivity index is 0.819. The zero-order valence-corrected chi connectivity index (χ0v) is 39.8. The SMILES string of the molecule is CS(C)(=O)=NC1CCC(CNc2ccc(S(=O)(=O)NC(=O)c3ccc(N4CCC5(CC4)CC(N4CCC[C@H]4c4ccccc4C4CC4)C5)cc3Oc3cnc4[nH]ccc4c3)cc2[N+](=O)[O-])CC1.